The Kier molecular flexibility index (Phi) is 8.28. The number of aromatic nitrogens is 1. The molecule has 1 N–H and O–H groups in total. The average Bonchev–Trinajstić information content (AvgIpc) is 2.80. The maximum Gasteiger partial charge on any atom is 0.0220 e. The summed E-state index contributed by atoms with van der Waals surface area (Å²) in [7, 11) is 0. The maximum absolute atomic E-state index is 3.51. The van der Waals surface area contributed by atoms with Gasteiger partial charge in [0.05, 0.1) is 0 Å². The Morgan fingerprint density at radius 3 is 2.76 bits per heavy atom. The molecule has 1 heterocycles. The molecule has 17 heavy (non-hydrogen) atoms. The van der Waals surface area contributed by atoms with Crippen molar-refractivity contribution in [1.82, 2.24) is 9.88 Å². The molecule has 0 aliphatic heterocycles. The van der Waals surface area contributed by atoms with E-state index >= 15 is 0 Å². The summed E-state index contributed by atoms with van der Waals surface area (Å²) in [6, 6.07) is 2.20. The highest BCUT2D eigenvalue weighted by atomic mass is 32.2. The first-order valence-corrected chi connectivity index (χ1v) is 8.10. The highest BCUT2D eigenvalue weighted by Crippen LogP contribution is 2.04. The predicted molar refractivity (Wildman–Crippen MR) is 78.7 cm³/mol. The van der Waals surface area contributed by atoms with Gasteiger partial charge in [0.2, 0.25) is 0 Å². The van der Waals surface area contributed by atoms with Gasteiger partial charge in [-0.15, -0.1) is 0 Å². The van der Waals surface area contributed by atoms with Gasteiger partial charge in [-0.3, -0.25) is 0 Å². The van der Waals surface area contributed by atoms with E-state index < -0.39 is 0 Å². The first kappa shape index (κ1) is 14.7. The SMILES string of the molecule is CCn1ccc(CNCCCCCCSC)c1. The zero-order valence-corrected chi connectivity index (χ0v) is 12.1. The molecule has 2 nitrogen and oxygen atoms in total. The van der Waals surface area contributed by atoms with Gasteiger partial charge in [0.25, 0.3) is 0 Å². The zero-order chi connectivity index (χ0) is 12.3. The van der Waals surface area contributed by atoms with Gasteiger partial charge >= 0.3 is 0 Å². The summed E-state index contributed by atoms with van der Waals surface area (Å²) in [6.07, 6.45) is 12.0. The van der Waals surface area contributed by atoms with Crippen molar-refractivity contribution in [3.63, 3.8) is 0 Å². The van der Waals surface area contributed by atoms with Gasteiger partial charge in [-0.1, -0.05) is 12.8 Å². The third-order valence-electron chi connectivity index (χ3n) is 2.96. The smallest absolute Gasteiger partial charge is 0.0220 e. The molecule has 0 atom stereocenters. The van der Waals surface area contributed by atoms with Crippen LogP contribution >= 0.6 is 11.8 Å². The van der Waals surface area contributed by atoms with Crippen LogP contribution in [0.4, 0.5) is 0 Å². The number of rotatable bonds is 10. The molecule has 0 radical (unpaired) electrons. The van der Waals surface area contributed by atoms with Gasteiger partial charge in [-0.25, -0.2) is 0 Å². The Labute approximate surface area is 110 Å². The first-order chi connectivity index (χ1) is 8.36. The van der Waals surface area contributed by atoms with E-state index in [0.717, 1.165) is 19.6 Å². The van der Waals surface area contributed by atoms with Crippen molar-refractivity contribution in [2.45, 2.75) is 45.7 Å². The van der Waals surface area contributed by atoms with Crippen LogP contribution < -0.4 is 5.32 Å². The monoisotopic (exact) mass is 254 g/mol. The van der Waals surface area contributed by atoms with Gasteiger partial charge in [0.1, 0.15) is 0 Å². The molecule has 0 aliphatic rings. The molecule has 1 aromatic heterocycles. The van der Waals surface area contributed by atoms with Gasteiger partial charge in [0.15, 0.2) is 0 Å². The molecule has 0 unspecified atom stereocenters. The molecule has 0 saturated heterocycles. The van der Waals surface area contributed by atoms with Crippen molar-refractivity contribution >= 4 is 11.8 Å². The number of thioether (sulfide) groups is 1. The molecular formula is C14H26N2S. The van der Waals surface area contributed by atoms with E-state index in [-0.39, 0.29) is 0 Å². The third-order valence-corrected chi connectivity index (χ3v) is 3.65. The predicted octanol–water partition coefficient (Wildman–Crippen LogP) is 3.52. The lowest BCUT2D eigenvalue weighted by Gasteiger charge is -2.03. The van der Waals surface area contributed by atoms with E-state index in [1.165, 1.54) is 37.0 Å². The lowest BCUT2D eigenvalue weighted by atomic mass is 10.2. The maximum atomic E-state index is 3.51. The van der Waals surface area contributed by atoms with Crippen molar-refractivity contribution in [1.29, 1.82) is 0 Å². The van der Waals surface area contributed by atoms with Gasteiger partial charge in [-0.2, -0.15) is 11.8 Å². The first-order valence-electron chi connectivity index (χ1n) is 6.71. The second-order valence-corrected chi connectivity index (χ2v) is 5.42. The Hall–Kier alpha value is -0.410. The van der Waals surface area contributed by atoms with E-state index in [4.69, 9.17) is 0 Å². The van der Waals surface area contributed by atoms with Crippen molar-refractivity contribution in [3.8, 4) is 0 Å². The molecule has 0 aliphatic carbocycles. The molecule has 1 rings (SSSR count). The van der Waals surface area contributed by atoms with Gasteiger partial charge in [-0.05, 0) is 49.9 Å². The molecular weight excluding hydrogens is 228 g/mol. The molecule has 0 amide bonds. The standard InChI is InChI=1S/C14H26N2S/c1-3-16-10-8-14(13-16)12-15-9-6-4-5-7-11-17-2/h8,10,13,15H,3-7,9,11-12H2,1-2H3. The molecule has 0 spiro atoms. The summed E-state index contributed by atoms with van der Waals surface area (Å²) in [4.78, 5) is 0. The second-order valence-electron chi connectivity index (χ2n) is 4.43. The Morgan fingerprint density at radius 1 is 1.24 bits per heavy atom. The van der Waals surface area contributed by atoms with Crippen LogP contribution in [0.1, 0.15) is 38.2 Å². The minimum atomic E-state index is 1.01. The average molecular weight is 254 g/mol. The molecule has 3 heteroatoms. The topological polar surface area (TPSA) is 17.0 Å². The number of nitrogens with zero attached hydrogens (tertiary/aromatic N) is 1. The van der Waals surface area contributed by atoms with Crippen molar-refractivity contribution < 1.29 is 0 Å². The van der Waals surface area contributed by atoms with Crippen molar-refractivity contribution in [3.05, 3.63) is 24.0 Å². The van der Waals surface area contributed by atoms with Crippen LogP contribution in [0.2, 0.25) is 0 Å². The number of hydrogen-bond acceptors (Lipinski definition) is 2. The number of nitrogens with one attached hydrogen (secondary N) is 1. The summed E-state index contributed by atoms with van der Waals surface area (Å²) in [5.74, 6) is 1.32. The largest absolute Gasteiger partial charge is 0.354 e. The van der Waals surface area contributed by atoms with Crippen LogP contribution in [0.5, 0.6) is 0 Å². The van der Waals surface area contributed by atoms with Crippen LogP contribution in [0.25, 0.3) is 0 Å². The zero-order valence-electron chi connectivity index (χ0n) is 11.2. The van der Waals surface area contributed by atoms with Crippen molar-refractivity contribution in [2.24, 2.45) is 0 Å². The molecule has 98 valence electrons. The molecule has 1 aromatic rings. The minimum absolute atomic E-state index is 1.01. The summed E-state index contributed by atoms with van der Waals surface area (Å²) < 4.78 is 2.22. The quantitative estimate of drug-likeness (QED) is 0.643. The fourth-order valence-electron chi connectivity index (χ4n) is 1.87. The fourth-order valence-corrected chi connectivity index (χ4v) is 2.37. The number of unbranched alkanes of at least 4 members (excludes halogenated alkanes) is 3. The van der Waals surface area contributed by atoms with Gasteiger partial charge < -0.3 is 9.88 Å². The van der Waals surface area contributed by atoms with Crippen molar-refractivity contribution in [2.75, 3.05) is 18.6 Å². The molecule has 0 aromatic carbocycles. The minimum Gasteiger partial charge on any atom is -0.354 e. The van der Waals surface area contributed by atoms with E-state index in [1.54, 1.807) is 0 Å². The highest BCUT2D eigenvalue weighted by Gasteiger charge is 1.95. The molecule has 0 saturated carbocycles. The Balaban J connectivity index is 1.93. The van der Waals surface area contributed by atoms with Crippen LogP contribution in [-0.2, 0) is 13.1 Å². The van der Waals surface area contributed by atoms with Crippen LogP contribution in [0, 0.1) is 0 Å². The van der Waals surface area contributed by atoms with Crippen LogP contribution in [0.3, 0.4) is 0 Å². The summed E-state index contributed by atoms with van der Waals surface area (Å²) in [6.45, 7) is 5.40. The van der Waals surface area contributed by atoms with E-state index in [9.17, 15) is 0 Å². The lowest BCUT2D eigenvalue weighted by molar-refractivity contribution is 0.599. The summed E-state index contributed by atoms with van der Waals surface area (Å²) in [5, 5.41) is 3.51. The lowest BCUT2D eigenvalue weighted by Crippen LogP contribution is -2.14. The Morgan fingerprint density at radius 2 is 2.06 bits per heavy atom. The number of aryl methyl sites for hydroxylation is 1. The normalized spacial score (nSPS) is 10.9. The van der Waals surface area contributed by atoms with Crippen LogP contribution in [-0.4, -0.2) is 23.1 Å². The fraction of sp³-hybridized carbons (Fsp3) is 0.714. The second kappa shape index (κ2) is 9.60. The van der Waals surface area contributed by atoms with E-state index in [2.05, 4.69) is 41.5 Å². The third kappa shape index (κ3) is 6.79. The highest BCUT2D eigenvalue weighted by molar-refractivity contribution is 7.98. The molecule has 0 fully saturated rings. The van der Waals surface area contributed by atoms with E-state index in [0.29, 0.717) is 0 Å². The van der Waals surface area contributed by atoms with E-state index in [1.807, 2.05) is 11.8 Å². The summed E-state index contributed by atoms with van der Waals surface area (Å²) >= 11 is 1.95. The summed E-state index contributed by atoms with van der Waals surface area (Å²) in [5.41, 5.74) is 1.40. The number of hydrogen-bond donors (Lipinski definition) is 1. The molecule has 0 bridgehead atoms. The van der Waals surface area contributed by atoms with Gasteiger partial charge in [0, 0.05) is 25.5 Å². The van der Waals surface area contributed by atoms with Crippen LogP contribution in [0.15, 0.2) is 18.5 Å². The Bertz CT molecular complexity index is 284.